The van der Waals surface area contributed by atoms with Crippen molar-refractivity contribution in [3.05, 3.63) is 35.5 Å². The van der Waals surface area contributed by atoms with Crippen molar-refractivity contribution in [2.75, 3.05) is 19.7 Å². The van der Waals surface area contributed by atoms with Crippen molar-refractivity contribution >= 4 is 28.7 Å². The second kappa shape index (κ2) is 7.79. The van der Waals surface area contributed by atoms with Gasteiger partial charge >= 0.3 is 11.9 Å². The highest BCUT2D eigenvalue weighted by Gasteiger charge is 2.39. The number of esters is 1. The van der Waals surface area contributed by atoms with Crippen molar-refractivity contribution < 1.29 is 24.2 Å². The number of carbonyl (C=O) groups excluding carboxylic acids is 2. The molecule has 0 saturated heterocycles. The summed E-state index contributed by atoms with van der Waals surface area (Å²) in [4.78, 5) is 40.8. The molecule has 2 heterocycles. The van der Waals surface area contributed by atoms with E-state index in [1.165, 1.54) is 4.90 Å². The van der Waals surface area contributed by atoms with Gasteiger partial charge in [-0.05, 0) is 31.9 Å². The molecule has 1 aromatic heterocycles. The van der Waals surface area contributed by atoms with Crippen molar-refractivity contribution in [3.63, 3.8) is 0 Å². The molecule has 144 valence electrons. The fourth-order valence-corrected chi connectivity index (χ4v) is 3.52. The van der Waals surface area contributed by atoms with E-state index in [-0.39, 0.29) is 19.1 Å². The molecule has 1 aromatic carbocycles. The van der Waals surface area contributed by atoms with Gasteiger partial charge in [-0.2, -0.15) is 0 Å². The number of para-hydroxylation sites is 1. The van der Waals surface area contributed by atoms with Gasteiger partial charge in [0.2, 0.25) is 5.91 Å². The van der Waals surface area contributed by atoms with Gasteiger partial charge in [-0.3, -0.25) is 14.9 Å². The number of H-pyrrole nitrogens is 1. The number of nitrogens with one attached hydrogen (secondary N) is 2. The molecule has 1 amide bonds. The van der Waals surface area contributed by atoms with E-state index in [0.29, 0.717) is 18.7 Å². The molecular weight excluding hydrogens is 350 g/mol. The van der Waals surface area contributed by atoms with Crippen molar-refractivity contribution in [3.8, 4) is 0 Å². The monoisotopic (exact) mass is 373 g/mol. The third kappa shape index (κ3) is 3.66. The molecule has 2 atom stereocenters. The number of aromatic nitrogens is 1. The van der Waals surface area contributed by atoms with E-state index in [1.807, 2.05) is 24.3 Å². The van der Waals surface area contributed by atoms with Gasteiger partial charge in [0.15, 0.2) is 6.04 Å². The predicted molar refractivity (Wildman–Crippen MR) is 98.2 cm³/mol. The molecule has 0 saturated carbocycles. The van der Waals surface area contributed by atoms with E-state index >= 15 is 0 Å². The van der Waals surface area contributed by atoms with Crippen LogP contribution < -0.4 is 5.32 Å². The Balaban J connectivity index is 1.82. The summed E-state index contributed by atoms with van der Waals surface area (Å²) >= 11 is 0. The van der Waals surface area contributed by atoms with E-state index in [4.69, 9.17) is 4.74 Å². The van der Waals surface area contributed by atoms with Crippen molar-refractivity contribution in [2.45, 2.75) is 32.4 Å². The number of amides is 1. The van der Waals surface area contributed by atoms with Crippen molar-refractivity contribution in [1.82, 2.24) is 15.2 Å². The van der Waals surface area contributed by atoms with Crippen LogP contribution in [0.1, 0.15) is 31.1 Å². The highest BCUT2D eigenvalue weighted by atomic mass is 16.5. The fraction of sp³-hybridized carbons (Fsp3) is 0.421. The molecule has 3 rings (SSSR count). The molecule has 1 aliphatic heterocycles. The van der Waals surface area contributed by atoms with Crippen LogP contribution in [-0.4, -0.2) is 58.6 Å². The zero-order valence-electron chi connectivity index (χ0n) is 15.3. The van der Waals surface area contributed by atoms with E-state index in [1.54, 1.807) is 13.8 Å². The predicted octanol–water partition coefficient (Wildman–Crippen LogP) is 1.22. The molecule has 27 heavy (non-hydrogen) atoms. The SMILES string of the molecule is CCOC(=O)CN[C@@H](C)C(=O)N1CCc2c([nH]c3ccccc23)C1C(=O)O. The van der Waals surface area contributed by atoms with Gasteiger partial charge in [0, 0.05) is 17.4 Å². The minimum absolute atomic E-state index is 0.107. The van der Waals surface area contributed by atoms with Crippen LogP contribution >= 0.6 is 0 Å². The number of aliphatic carboxylic acids is 1. The maximum Gasteiger partial charge on any atom is 0.332 e. The first-order chi connectivity index (χ1) is 12.9. The number of hydrogen-bond donors (Lipinski definition) is 3. The van der Waals surface area contributed by atoms with Gasteiger partial charge in [-0.1, -0.05) is 18.2 Å². The number of fused-ring (bicyclic) bond motifs is 3. The molecule has 0 radical (unpaired) electrons. The summed E-state index contributed by atoms with van der Waals surface area (Å²) in [5.74, 6) is -1.91. The largest absolute Gasteiger partial charge is 0.479 e. The van der Waals surface area contributed by atoms with Crippen LogP contribution in [0.3, 0.4) is 0 Å². The molecular formula is C19H23N3O5. The number of rotatable bonds is 6. The number of carboxylic acids is 1. The number of carbonyl (C=O) groups is 3. The van der Waals surface area contributed by atoms with Crippen LogP contribution in [0.25, 0.3) is 10.9 Å². The lowest BCUT2D eigenvalue weighted by Gasteiger charge is -2.35. The number of aromatic amines is 1. The summed E-state index contributed by atoms with van der Waals surface area (Å²) in [5, 5.41) is 13.6. The lowest BCUT2D eigenvalue weighted by molar-refractivity contribution is -0.152. The first-order valence-corrected chi connectivity index (χ1v) is 8.95. The molecule has 8 heteroatoms. The average molecular weight is 373 g/mol. The summed E-state index contributed by atoms with van der Waals surface area (Å²) in [6, 6.07) is 5.84. The van der Waals surface area contributed by atoms with Crippen LogP contribution in [0, 0.1) is 0 Å². The average Bonchev–Trinajstić information content (AvgIpc) is 3.03. The number of nitrogens with zero attached hydrogens (tertiary/aromatic N) is 1. The normalized spacial score (nSPS) is 17.4. The van der Waals surface area contributed by atoms with Crippen LogP contribution in [0.2, 0.25) is 0 Å². The number of hydrogen-bond acceptors (Lipinski definition) is 5. The molecule has 2 aromatic rings. The smallest absolute Gasteiger partial charge is 0.332 e. The van der Waals surface area contributed by atoms with Crippen LogP contribution in [0.5, 0.6) is 0 Å². The Kier molecular flexibility index (Phi) is 5.46. The van der Waals surface area contributed by atoms with Gasteiger partial charge in [0.25, 0.3) is 0 Å². The van der Waals surface area contributed by atoms with Gasteiger partial charge in [0.05, 0.1) is 24.9 Å². The van der Waals surface area contributed by atoms with E-state index in [9.17, 15) is 19.5 Å². The summed E-state index contributed by atoms with van der Waals surface area (Å²) in [6.45, 7) is 3.77. The van der Waals surface area contributed by atoms with Crippen molar-refractivity contribution in [1.29, 1.82) is 0 Å². The lowest BCUT2D eigenvalue weighted by atomic mass is 9.96. The Labute approximate surface area is 156 Å². The molecule has 0 aliphatic carbocycles. The van der Waals surface area contributed by atoms with Gasteiger partial charge in [-0.15, -0.1) is 0 Å². The Morgan fingerprint density at radius 1 is 1.37 bits per heavy atom. The zero-order chi connectivity index (χ0) is 19.6. The number of carboxylic acid groups (broad SMARTS) is 1. The third-order valence-electron chi connectivity index (χ3n) is 4.78. The Morgan fingerprint density at radius 2 is 2.11 bits per heavy atom. The quantitative estimate of drug-likeness (QED) is 0.657. The maximum atomic E-state index is 12.8. The standard InChI is InChI=1S/C19H23N3O5/c1-3-27-15(23)10-20-11(2)18(24)22-9-8-13-12-6-4-5-7-14(12)21-16(13)17(22)19(25)26/h4-7,11,17,20-21H,3,8-10H2,1-2H3,(H,25,26)/t11-,17?/m0/s1. The van der Waals surface area contributed by atoms with Gasteiger partial charge < -0.3 is 19.7 Å². The topological polar surface area (TPSA) is 112 Å². The third-order valence-corrected chi connectivity index (χ3v) is 4.78. The van der Waals surface area contributed by atoms with Gasteiger partial charge in [0.1, 0.15) is 0 Å². The molecule has 3 N–H and O–H groups in total. The Bertz CT molecular complexity index is 875. The molecule has 1 unspecified atom stereocenters. The second-order valence-corrected chi connectivity index (χ2v) is 6.49. The minimum atomic E-state index is -1.09. The maximum absolute atomic E-state index is 12.8. The Morgan fingerprint density at radius 3 is 2.81 bits per heavy atom. The summed E-state index contributed by atoms with van der Waals surface area (Å²) in [6.07, 6.45) is 0.569. The molecule has 1 aliphatic rings. The van der Waals surface area contributed by atoms with Gasteiger partial charge in [-0.25, -0.2) is 4.79 Å². The summed E-state index contributed by atoms with van der Waals surface area (Å²) < 4.78 is 4.83. The number of ether oxygens (including phenoxy) is 1. The highest BCUT2D eigenvalue weighted by molar-refractivity contribution is 5.92. The summed E-state index contributed by atoms with van der Waals surface area (Å²) in [7, 11) is 0. The highest BCUT2D eigenvalue weighted by Crippen LogP contribution is 2.34. The first kappa shape index (κ1) is 18.9. The number of benzene rings is 1. The van der Waals surface area contributed by atoms with Crippen LogP contribution in [0.4, 0.5) is 0 Å². The Hall–Kier alpha value is -2.87. The molecule has 0 bridgehead atoms. The van der Waals surface area contributed by atoms with E-state index in [0.717, 1.165) is 16.5 Å². The van der Waals surface area contributed by atoms with Crippen molar-refractivity contribution in [2.24, 2.45) is 0 Å². The lowest BCUT2D eigenvalue weighted by Crippen LogP contribution is -2.51. The minimum Gasteiger partial charge on any atom is -0.479 e. The summed E-state index contributed by atoms with van der Waals surface area (Å²) in [5.41, 5.74) is 2.34. The molecule has 0 fully saturated rings. The van der Waals surface area contributed by atoms with E-state index in [2.05, 4.69) is 10.3 Å². The fourth-order valence-electron chi connectivity index (χ4n) is 3.52. The molecule has 0 spiro atoms. The van der Waals surface area contributed by atoms with E-state index < -0.39 is 24.0 Å². The van der Waals surface area contributed by atoms with Crippen LogP contribution in [-0.2, 0) is 25.5 Å². The second-order valence-electron chi connectivity index (χ2n) is 6.49. The first-order valence-electron chi connectivity index (χ1n) is 8.95. The van der Waals surface area contributed by atoms with Crippen LogP contribution in [0.15, 0.2) is 24.3 Å². The zero-order valence-corrected chi connectivity index (χ0v) is 15.3. The molecule has 8 nitrogen and oxygen atoms in total.